The molecule has 2 aliphatic heterocycles. The minimum atomic E-state index is -0.811. The molecule has 1 spiro atoms. The lowest BCUT2D eigenvalue weighted by atomic mass is 9.98. The Balaban J connectivity index is 1.49. The first-order chi connectivity index (χ1) is 11.4. The summed E-state index contributed by atoms with van der Waals surface area (Å²) in [4.78, 5) is 32.9. The van der Waals surface area contributed by atoms with Gasteiger partial charge in [-0.05, 0) is 40.0 Å². The van der Waals surface area contributed by atoms with Crippen LogP contribution >= 0.6 is 0 Å². The molecule has 0 radical (unpaired) electrons. The van der Waals surface area contributed by atoms with Crippen LogP contribution in [-0.2, 0) is 4.79 Å². The molecule has 1 aromatic rings. The van der Waals surface area contributed by atoms with Gasteiger partial charge < -0.3 is 9.84 Å². The number of amides is 3. The topological polar surface area (TPSA) is 91.6 Å². The van der Waals surface area contributed by atoms with Crippen LogP contribution in [0.25, 0.3) is 0 Å². The molecule has 1 N–H and O–H groups in total. The molecule has 1 aromatic heterocycles. The molecule has 8 heteroatoms. The van der Waals surface area contributed by atoms with Crippen molar-refractivity contribution in [3.8, 4) is 0 Å². The van der Waals surface area contributed by atoms with E-state index in [0.29, 0.717) is 31.3 Å². The summed E-state index contributed by atoms with van der Waals surface area (Å²) >= 11 is 0. The molecule has 1 aliphatic carbocycles. The number of urea groups is 1. The van der Waals surface area contributed by atoms with Crippen LogP contribution in [0.1, 0.15) is 63.7 Å². The number of likely N-dealkylation sites (tertiary alicyclic amines) is 1. The Hall–Kier alpha value is -1.96. The first-order valence-electron chi connectivity index (χ1n) is 8.64. The third-order valence-electron chi connectivity index (χ3n) is 5.31. The lowest BCUT2D eigenvalue weighted by molar-refractivity contribution is -0.132. The fraction of sp³-hybridized carbons (Fsp3) is 0.750. The first kappa shape index (κ1) is 15.6. The highest BCUT2D eigenvalue weighted by molar-refractivity contribution is 6.07. The van der Waals surface area contributed by atoms with Crippen LogP contribution in [0.5, 0.6) is 0 Å². The highest BCUT2D eigenvalue weighted by Crippen LogP contribution is 2.39. The highest BCUT2D eigenvalue weighted by Gasteiger charge is 2.56. The van der Waals surface area contributed by atoms with E-state index in [4.69, 9.17) is 4.52 Å². The van der Waals surface area contributed by atoms with E-state index in [-0.39, 0.29) is 24.0 Å². The van der Waals surface area contributed by atoms with Crippen molar-refractivity contribution in [2.45, 2.75) is 63.6 Å². The number of nitrogens with zero attached hydrogens (tertiary/aromatic N) is 4. The van der Waals surface area contributed by atoms with Gasteiger partial charge in [0.15, 0.2) is 5.82 Å². The molecular formula is C16H23N5O3. The average molecular weight is 333 g/mol. The second-order valence-corrected chi connectivity index (χ2v) is 7.44. The van der Waals surface area contributed by atoms with E-state index in [9.17, 15) is 9.59 Å². The fourth-order valence-electron chi connectivity index (χ4n) is 3.64. The van der Waals surface area contributed by atoms with Gasteiger partial charge in [0.05, 0.1) is 6.04 Å². The normalized spacial score (nSPS) is 29.1. The van der Waals surface area contributed by atoms with Gasteiger partial charge in [-0.25, -0.2) is 4.79 Å². The number of carbonyl (C=O) groups excluding carboxylic acids is 2. The van der Waals surface area contributed by atoms with Gasteiger partial charge in [-0.1, -0.05) is 5.16 Å². The summed E-state index contributed by atoms with van der Waals surface area (Å²) < 4.78 is 5.41. The van der Waals surface area contributed by atoms with Crippen LogP contribution in [0.15, 0.2) is 4.52 Å². The largest absolute Gasteiger partial charge is 0.338 e. The van der Waals surface area contributed by atoms with Crippen molar-refractivity contribution in [3.05, 3.63) is 11.7 Å². The zero-order valence-electron chi connectivity index (χ0n) is 14.3. The van der Waals surface area contributed by atoms with Crippen LogP contribution in [0.3, 0.4) is 0 Å². The molecule has 1 saturated carbocycles. The molecule has 130 valence electrons. The van der Waals surface area contributed by atoms with Crippen molar-refractivity contribution in [2.24, 2.45) is 0 Å². The Labute approximate surface area is 140 Å². The van der Waals surface area contributed by atoms with Crippen LogP contribution in [0.2, 0.25) is 0 Å². The van der Waals surface area contributed by atoms with E-state index in [1.807, 2.05) is 20.8 Å². The highest BCUT2D eigenvalue weighted by atomic mass is 16.5. The van der Waals surface area contributed by atoms with Gasteiger partial charge in [-0.3, -0.25) is 14.6 Å². The number of rotatable bonds is 4. The molecule has 3 heterocycles. The minimum absolute atomic E-state index is 0.0674. The maximum absolute atomic E-state index is 12.8. The summed E-state index contributed by atoms with van der Waals surface area (Å²) in [6.07, 6.45) is 2.87. The van der Waals surface area contributed by atoms with Gasteiger partial charge in [0, 0.05) is 25.0 Å². The average Bonchev–Trinajstić information content (AvgIpc) is 3.02. The van der Waals surface area contributed by atoms with E-state index in [0.717, 1.165) is 18.7 Å². The number of hydrogen-bond donors (Lipinski definition) is 1. The zero-order chi connectivity index (χ0) is 17.1. The molecule has 4 rings (SSSR count). The molecular weight excluding hydrogens is 310 g/mol. The van der Waals surface area contributed by atoms with Gasteiger partial charge in [0.2, 0.25) is 5.89 Å². The Kier molecular flexibility index (Phi) is 3.42. The van der Waals surface area contributed by atoms with E-state index >= 15 is 0 Å². The number of hydrogen-bond acceptors (Lipinski definition) is 6. The second kappa shape index (κ2) is 5.27. The lowest BCUT2D eigenvalue weighted by Crippen LogP contribution is -2.49. The van der Waals surface area contributed by atoms with Crippen LogP contribution < -0.4 is 5.32 Å². The number of aromatic nitrogens is 2. The SMILES string of the molecule is CC(C)N1C(=O)N[C@]2(CCN([C@@H](C)c3nc(C4CC4)no3)C2)C1=O. The number of carbonyl (C=O) groups is 2. The van der Waals surface area contributed by atoms with Gasteiger partial charge in [0.1, 0.15) is 5.54 Å². The maximum atomic E-state index is 12.8. The summed E-state index contributed by atoms with van der Waals surface area (Å²) in [6, 6.07) is -0.499. The van der Waals surface area contributed by atoms with Crippen molar-refractivity contribution in [2.75, 3.05) is 13.1 Å². The van der Waals surface area contributed by atoms with E-state index < -0.39 is 5.54 Å². The summed E-state index contributed by atoms with van der Waals surface area (Å²) in [5.41, 5.74) is -0.811. The molecule has 0 aromatic carbocycles. The standard InChI is InChI=1S/C16H23N5O3/c1-9(2)21-14(22)16(18-15(21)23)6-7-20(8-16)10(3)13-17-12(19-24-13)11-4-5-11/h9-11H,4-8H2,1-3H3,(H,18,23)/t10-,16-/m0/s1. The van der Waals surface area contributed by atoms with Crippen molar-refractivity contribution < 1.29 is 14.1 Å². The lowest BCUT2D eigenvalue weighted by Gasteiger charge is -2.25. The molecule has 0 unspecified atom stereocenters. The summed E-state index contributed by atoms with van der Waals surface area (Å²) in [7, 11) is 0. The van der Waals surface area contributed by atoms with Crippen molar-refractivity contribution in [3.63, 3.8) is 0 Å². The molecule has 2 saturated heterocycles. The van der Waals surface area contributed by atoms with Gasteiger partial charge in [0.25, 0.3) is 5.91 Å². The molecule has 24 heavy (non-hydrogen) atoms. The Bertz CT molecular complexity index is 683. The Morgan fingerprint density at radius 2 is 2.04 bits per heavy atom. The summed E-state index contributed by atoms with van der Waals surface area (Å²) in [5, 5.41) is 6.97. The number of nitrogens with one attached hydrogen (secondary N) is 1. The molecule has 3 amide bonds. The third-order valence-corrected chi connectivity index (χ3v) is 5.31. The Morgan fingerprint density at radius 3 is 2.67 bits per heavy atom. The fourth-order valence-corrected chi connectivity index (χ4v) is 3.64. The monoisotopic (exact) mass is 333 g/mol. The zero-order valence-corrected chi connectivity index (χ0v) is 14.3. The third kappa shape index (κ3) is 2.31. The molecule has 3 fully saturated rings. The summed E-state index contributed by atoms with van der Waals surface area (Å²) in [5.74, 6) is 1.71. The smallest absolute Gasteiger partial charge is 0.325 e. The van der Waals surface area contributed by atoms with Crippen molar-refractivity contribution in [1.29, 1.82) is 0 Å². The molecule has 0 bridgehead atoms. The van der Waals surface area contributed by atoms with Crippen LogP contribution in [0, 0.1) is 0 Å². The molecule has 2 atom stereocenters. The van der Waals surface area contributed by atoms with E-state index in [1.54, 1.807) is 0 Å². The van der Waals surface area contributed by atoms with Crippen LogP contribution in [-0.4, -0.2) is 56.5 Å². The van der Waals surface area contributed by atoms with Crippen LogP contribution in [0.4, 0.5) is 4.79 Å². The van der Waals surface area contributed by atoms with E-state index in [1.165, 1.54) is 4.90 Å². The predicted octanol–water partition coefficient (Wildman–Crippen LogP) is 1.41. The Morgan fingerprint density at radius 1 is 1.29 bits per heavy atom. The number of imide groups is 1. The minimum Gasteiger partial charge on any atom is -0.338 e. The quantitative estimate of drug-likeness (QED) is 0.838. The van der Waals surface area contributed by atoms with Gasteiger partial charge in [-0.2, -0.15) is 4.98 Å². The predicted molar refractivity (Wildman–Crippen MR) is 84.1 cm³/mol. The summed E-state index contributed by atoms with van der Waals surface area (Å²) in [6.45, 7) is 6.89. The maximum Gasteiger partial charge on any atom is 0.325 e. The first-order valence-corrected chi connectivity index (χ1v) is 8.64. The van der Waals surface area contributed by atoms with Crippen molar-refractivity contribution in [1.82, 2.24) is 25.3 Å². The van der Waals surface area contributed by atoms with Gasteiger partial charge >= 0.3 is 6.03 Å². The molecule has 8 nitrogen and oxygen atoms in total. The molecule has 3 aliphatic rings. The van der Waals surface area contributed by atoms with Crippen molar-refractivity contribution >= 4 is 11.9 Å². The van der Waals surface area contributed by atoms with Gasteiger partial charge in [-0.15, -0.1) is 0 Å². The van der Waals surface area contributed by atoms with E-state index in [2.05, 4.69) is 20.4 Å². The second-order valence-electron chi connectivity index (χ2n) is 7.44.